The molecule has 0 radical (unpaired) electrons. The van der Waals surface area contributed by atoms with Crippen molar-refractivity contribution in [3.05, 3.63) is 0 Å². The second-order valence-corrected chi connectivity index (χ2v) is 5.18. The van der Waals surface area contributed by atoms with E-state index in [1.165, 1.54) is 0 Å². The first-order valence-corrected chi connectivity index (χ1v) is 4.16. The molecular formula is C10H20O. The van der Waals surface area contributed by atoms with Crippen LogP contribution in [0.4, 0.5) is 0 Å². The van der Waals surface area contributed by atoms with Gasteiger partial charge >= 0.3 is 0 Å². The lowest BCUT2D eigenvalue weighted by Gasteiger charge is -2.29. The SMILES string of the molecule is CC(=O)C(C)(C)CC(C)(C)C. The smallest absolute Gasteiger partial charge is 0.135 e. The zero-order chi connectivity index (χ0) is 9.28. The van der Waals surface area contributed by atoms with Gasteiger partial charge in [-0.3, -0.25) is 4.79 Å². The standard InChI is InChI=1S/C10H20O/c1-8(11)10(5,6)7-9(2,3)4/h7H2,1-6H3. The lowest BCUT2D eigenvalue weighted by atomic mass is 9.74. The van der Waals surface area contributed by atoms with Crippen LogP contribution in [0.3, 0.4) is 0 Å². The maximum atomic E-state index is 11.1. The van der Waals surface area contributed by atoms with Gasteiger partial charge in [-0.05, 0) is 18.8 Å². The second kappa shape index (κ2) is 2.96. The van der Waals surface area contributed by atoms with E-state index in [0.717, 1.165) is 6.42 Å². The Morgan fingerprint density at radius 1 is 1.09 bits per heavy atom. The van der Waals surface area contributed by atoms with Gasteiger partial charge in [0.15, 0.2) is 0 Å². The quantitative estimate of drug-likeness (QED) is 0.600. The highest BCUT2D eigenvalue weighted by atomic mass is 16.1. The van der Waals surface area contributed by atoms with Gasteiger partial charge in [0.2, 0.25) is 0 Å². The van der Waals surface area contributed by atoms with Crippen molar-refractivity contribution in [2.24, 2.45) is 10.8 Å². The molecule has 0 N–H and O–H groups in total. The fraction of sp³-hybridized carbons (Fsp3) is 0.900. The van der Waals surface area contributed by atoms with Gasteiger partial charge in [-0.2, -0.15) is 0 Å². The van der Waals surface area contributed by atoms with Gasteiger partial charge in [0.1, 0.15) is 5.78 Å². The minimum atomic E-state index is -0.155. The van der Waals surface area contributed by atoms with E-state index in [0.29, 0.717) is 0 Å². The molecule has 0 aromatic carbocycles. The summed E-state index contributed by atoms with van der Waals surface area (Å²) in [6.07, 6.45) is 0.954. The van der Waals surface area contributed by atoms with Crippen molar-refractivity contribution in [2.45, 2.75) is 48.0 Å². The molecule has 0 saturated heterocycles. The number of carbonyl (C=O) groups is 1. The molecule has 0 heterocycles. The van der Waals surface area contributed by atoms with Crippen molar-refractivity contribution in [3.63, 3.8) is 0 Å². The summed E-state index contributed by atoms with van der Waals surface area (Å²) in [6.45, 7) is 12.2. The molecule has 0 fully saturated rings. The summed E-state index contributed by atoms with van der Waals surface area (Å²) < 4.78 is 0. The highest BCUT2D eigenvalue weighted by molar-refractivity contribution is 5.81. The van der Waals surface area contributed by atoms with Crippen molar-refractivity contribution in [1.82, 2.24) is 0 Å². The minimum absolute atomic E-state index is 0.155. The summed E-state index contributed by atoms with van der Waals surface area (Å²) in [6, 6.07) is 0. The molecule has 0 aliphatic heterocycles. The van der Waals surface area contributed by atoms with Crippen LogP contribution in [0.1, 0.15) is 48.0 Å². The largest absolute Gasteiger partial charge is 0.299 e. The number of carbonyl (C=O) groups excluding carboxylic acids is 1. The van der Waals surface area contributed by atoms with E-state index >= 15 is 0 Å². The first kappa shape index (κ1) is 10.7. The Kier molecular flexibility index (Phi) is 2.87. The van der Waals surface area contributed by atoms with E-state index in [9.17, 15) is 4.79 Å². The zero-order valence-corrected chi connectivity index (χ0v) is 8.62. The summed E-state index contributed by atoms with van der Waals surface area (Å²) in [5, 5.41) is 0. The zero-order valence-electron chi connectivity index (χ0n) is 8.62. The molecule has 1 nitrogen and oxygen atoms in total. The Bertz CT molecular complexity index is 149. The molecular weight excluding hydrogens is 136 g/mol. The highest BCUT2D eigenvalue weighted by Gasteiger charge is 2.29. The summed E-state index contributed by atoms with van der Waals surface area (Å²) >= 11 is 0. The van der Waals surface area contributed by atoms with Crippen LogP contribution >= 0.6 is 0 Å². The van der Waals surface area contributed by atoms with Crippen molar-refractivity contribution in [1.29, 1.82) is 0 Å². The van der Waals surface area contributed by atoms with Gasteiger partial charge in [-0.15, -0.1) is 0 Å². The Labute approximate surface area is 70.2 Å². The maximum Gasteiger partial charge on any atom is 0.135 e. The van der Waals surface area contributed by atoms with Crippen LogP contribution in [0.5, 0.6) is 0 Å². The van der Waals surface area contributed by atoms with E-state index in [1.54, 1.807) is 6.92 Å². The third-order valence-electron chi connectivity index (χ3n) is 1.93. The lowest BCUT2D eigenvalue weighted by Crippen LogP contribution is -2.27. The van der Waals surface area contributed by atoms with Crippen LogP contribution < -0.4 is 0 Å². The van der Waals surface area contributed by atoms with E-state index < -0.39 is 0 Å². The Hall–Kier alpha value is -0.330. The summed E-state index contributed by atoms with van der Waals surface area (Å²) in [5.41, 5.74) is 0.0907. The average Bonchev–Trinajstić information content (AvgIpc) is 1.56. The average molecular weight is 156 g/mol. The third-order valence-corrected chi connectivity index (χ3v) is 1.93. The van der Waals surface area contributed by atoms with Crippen molar-refractivity contribution < 1.29 is 4.79 Å². The van der Waals surface area contributed by atoms with Gasteiger partial charge in [-0.25, -0.2) is 0 Å². The van der Waals surface area contributed by atoms with E-state index in [-0.39, 0.29) is 16.6 Å². The molecule has 0 amide bonds. The van der Waals surface area contributed by atoms with Gasteiger partial charge in [0, 0.05) is 5.41 Å². The Balaban J connectivity index is 4.25. The summed E-state index contributed by atoms with van der Waals surface area (Å²) in [7, 11) is 0. The van der Waals surface area contributed by atoms with Gasteiger partial charge in [0.05, 0.1) is 0 Å². The first-order chi connectivity index (χ1) is 4.65. The molecule has 11 heavy (non-hydrogen) atoms. The van der Waals surface area contributed by atoms with Crippen LogP contribution in [0.15, 0.2) is 0 Å². The fourth-order valence-electron chi connectivity index (χ4n) is 1.45. The fourth-order valence-corrected chi connectivity index (χ4v) is 1.45. The minimum Gasteiger partial charge on any atom is -0.299 e. The molecule has 0 saturated carbocycles. The van der Waals surface area contributed by atoms with Crippen LogP contribution in [0.2, 0.25) is 0 Å². The number of rotatable bonds is 2. The summed E-state index contributed by atoms with van der Waals surface area (Å²) in [5.74, 6) is 0.285. The number of Topliss-reactive ketones (excluding diaryl/α,β-unsaturated/α-hetero) is 1. The predicted molar refractivity (Wildman–Crippen MR) is 48.5 cm³/mol. The molecule has 1 heteroatoms. The normalized spacial score (nSPS) is 13.3. The monoisotopic (exact) mass is 156 g/mol. The molecule has 66 valence electrons. The topological polar surface area (TPSA) is 17.1 Å². The molecule has 0 aliphatic rings. The van der Waals surface area contributed by atoms with Crippen LogP contribution in [-0.2, 0) is 4.79 Å². The molecule has 0 unspecified atom stereocenters. The van der Waals surface area contributed by atoms with Crippen LogP contribution in [0, 0.1) is 10.8 Å². The maximum absolute atomic E-state index is 11.1. The molecule has 0 spiro atoms. The Morgan fingerprint density at radius 3 is 1.55 bits per heavy atom. The van der Waals surface area contributed by atoms with Gasteiger partial charge in [-0.1, -0.05) is 34.6 Å². The van der Waals surface area contributed by atoms with Crippen molar-refractivity contribution in [2.75, 3.05) is 0 Å². The first-order valence-electron chi connectivity index (χ1n) is 4.16. The molecule has 0 atom stereocenters. The summed E-state index contributed by atoms with van der Waals surface area (Å²) in [4.78, 5) is 11.1. The predicted octanol–water partition coefficient (Wildman–Crippen LogP) is 3.04. The van der Waals surface area contributed by atoms with Crippen LogP contribution in [0.25, 0.3) is 0 Å². The molecule has 0 bridgehead atoms. The van der Waals surface area contributed by atoms with E-state index in [4.69, 9.17) is 0 Å². The molecule has 0 aromatic rings. The number of hydrogen-bond acceptors (Lipinski definition) is 1. The molecule has 0 rings (SSSR count). The molecule has 0 aromatic heterocycles. The number of ketones is 1. The van der Waals surface area contributed by atoms with Crippen molar-refractivity contribution >= 4 is 5.78 Å². The van der Waals surface area contributed by atoms with Gasteiger partial charge in [0.25, 0.3) is 0 Å². The number of hydrogen-bond donors (Lipinski definition) is 0. The highest BCUT2D eigenvalue weighted by Crippen LogP contribution is 2.33. The lowest BCUT2D eigenvalue weighted by molar-refractivity contribution is -0.126. The van der Waals surface area contributed by atoms with Gasteiger partial charge < -0.3 is 0 Å². The van der Waals surface area contributed by atoms with E-state index in [1.807, 2.05) is 13.8 Å². The molecule has 0 aliphatic carbocycles. The van der Waals surface area contributed by atoms with E-state index in [2.05, 4.69) is 20.8 Å². The van der Waals surface area contributed by atoms with Crippen molar-refractivity contribution in [3.8, 4) is 0 Å². The third kappa shape index (κ3) is 4.18. The second-order valence-electron chi connectivity index (χ2n) is 5.18. The Morgan fingerprint density at radius 2 is 1.45 bits per heavy atom. The van der Waals surface area contributed by atoms with Crippen LogP contribution in [-0.4, -0.2) is 5.78 Å².